The normalized spacial score (nSPS) is 10.1. The van der Waals surface area contributed by atoms with Crippen molar-refractivity contribution in [3.05, 3.63) is 71.3 Å². The first kappa shape index (κ1) is 21.8. The minimum Gasteiger partial charge on any atom is -0.506 e. The molecule has 0 fully saturated rings. The number of anilines is 2. The SMILES string of the molecule is C#Cc1cc2c(C#C)c(Oc3ccc(N)c(O)c3)c(C#C)cc2cc1Oc1ccc(N)c(O)c1. The maximum Gasteiger partial charge on any atom is 0.159 e. The number of phenols is 2. The quantitative estimate of drug-likeness (QED) is 0.201. The van der Waals surface area contributed by atoms with Gasteiger partial charge in [0.2, 0.25) is 0 Å². The van der Waals surface area contributed by atoms with Crippen molar-refractivity contribution in [2.24, 2.45) is 0 Å². The first-order valence-electron chi connectivity index (χ1n) is 9.92. The van der Waals surface area contributed by atoms with Crippen molar-refractivity contribution in [2.75, 3.05) is 11.5 Å². The predicted octanol–water partition coefficient (Wildman–Crippen LogP) is 4.94. The van der Waals surface area contributed by atoms with Gasteiger partial charge in [-0.1, -0.05) is 17.8 Å². The van der Waals surface area contributed by atoms with E-state index in [-0.39, 0.29) is 28.6 Å². The molecule has 0 amide bonds. The summed E-state index contributed by atoms with van der Waals surface area (Å²) in [6, 6.07) is 14.1. The fourth-order valence-corrected chi connectivity index (χ4v) is 3.38. The molecule has 0 heterocycles. The molecule has 0 bridgehead atoms. The average molecular weight is 446 g/mol. The summed E-state index contributed by atoms with van der Waals surface area (Å²) in [6.45, 7) is 0. The van der Waals surface area contributed by atoms with Crippen LogP contribution in [0, 0.1) is 37.0 Å². The molecule has 0 aliphatic carbocycles. The first-order valence-corrected chi connectivity index (χ1v) is 9.92. The van der Waals surface area contributed by atoms with E-state index in [1.165, 1.54) is 24.3 Å². The number of aromatic hydroxyl groups is 2. The molecule has 6 heteroatoms. The molecule has 6 N–H and O–H groups in total. The topological polar surface area (TPSA) is 111 Å². The highest BCUT2D eigenvalue weighted by Crippen LogP contribution is 2.39. The van der Waals surface area contributed by atoms with Crippen LogP contribution in [0.1, 0.15) is 16.7 Å². The molecule has 6 nitrogen and oxygen atoms in total. The second kappa shape index (κ2) is 8.63. The molecule has 0 saturated heterocycles. The van der Waals surface area contributed by atoms with Gasteiger partial charge in [0.1, 0.15) is 28.7 Å². The number of hydrogen-bond donors (Lipinski definition) is 4. The molecule has 0 aliphatic rings. The van der Waals surface area contributed by atoms with Crippen molar-refractivity contribution in [3.8, 4) is 71.5 Å². The van der Waals surface area contributed by atoms with Crippen LogP contribution in [0.15, 0.2) is 54.6 Å². The van der Waals surface area contributed by atoms with Gasteiger partial charge < -0.3 is 31.2 Å². The number of phenolic OH excluding ortho intramolecular Hbond substituents is 2. The van der Waals surface area contributed by atoms with Crippen molar-refractivity contribution in [1.29, 1.82) is 0 Å². The Hall–Kier alpha value is -5.38. The van der Waals surface area contributed by atoms with Crippen LogP contribution in [0.2, 0.25) is 0 Å². The molecule has 0 aromatic heterocycles. The van der Waals surface area contributed by atoms with Crippen LogP contribution in [0.5, 0.6) is 34.5 Å². The van der Waals surface area contributed by atoms with Crippen molar-refractivity contribution >= 4 is 22.1 Å². The first-order chi connectivity index (χ1) is 16.3. The van der Waals surface area contributed by atoms with Gasteiger partial charge in [0.15, 0.2) is 5.75 Å². The number of nitrogens with two attached hydrogens (primary N) is 2. The number of fused-ring (bicyclic) bond motifs is 1. The largest absolute Gasteiger partial charge is 0.506 e. The van der Waals surface area contributed by atoms with Gasteiger partial charge in [0.25, 0.3) is 0 Å². The molecule has 0 radical (unpaired) electrons. The lowest BCUT2D eigenvalue weighted by Crippen LogP contribution is -1.97. The molecule has 0 atom stereocenters. The third-order valence-electron chi connectivity index (χ3n) is 5.10. The zero-order chi connectivity index (χ0) is 24.4. The summed E-state index contributed by atoms with van der Waals surface area (Å²) < 4.78 is 11.9. The third kappa shape index (κ3) is 3.94. The van der Waals surface area contributed by atoms with Crippen LogP contribution < -0.4 is 20.9 Å². The summed E-state index contributed by atoms with van der Waals surface area (Å²) in [4.78, 5) is 0. The van der Waals surface area contributed by atoms with Gasteiger partial charge >= 0.3 is 0 Å². The highest BCUT2D eigenvalue weighted by Gasteiger charge is 2.17. The van der Waals surface area contributed by atoms with E-state index in [0.29, 0.717) is 44.7 Å². The van der Waals surface area contributed by atoms with Crippen LogP contribution in [-0.2, 0) is 0 Å². The zero-order valence-corrected chi connectivity index (χ0v) is 17.8. The molecular weight excluding hydrogens is 428 g/mol. The second-order valence-corrected chi connectivity index (χ2v) is 7.28. The minimum absolute atomic E-state index is 0.111. The lowest BCUT2D eigenvalue weighted by Gasteiger charge is -2.16. The number of nitrogen functional groups attached to an aromatic ring is 2. The minimum atomic E-state index is -0.132. The van der Waals surface area contributed by atoms with Gasteiger partial charge in [-0.05, 0) is 47.9 Å². The molecule has 4 rings (SSSR count). The molecule has 0 aliphatic heterocycles. The van der Waals surface area contributed by atoms with Gasteiger partial charge in [-0.2, -0.15) is 0 Å². The van der Waals surface area contributed by atoms with Crippen molar-refractivity contribution in [3.63, 3.8) is 0 Å². The van der Waals surface area contributed by atoms with Crippen LogP contribution in [0.25, 0.3) is 10.8 Å². The lowest BCUT2D eigenvalue weighted by molar-refractivity contribution is 0.455. The van der Waals surface area contributed by atoms with Gasteiger partial charge in [-0.15, -0.1) is 19.3 Å². The smallest absolute Gasteiger partial charge is 0.159 e. The fourth-order valence-electron chi connectivity index (χ4n) is 3.38. The Balaban J connectivity index is 1.86. The second-order valence-electron chi connectivity index (χ2n) is 7.28. The van der Waals surface area contributed by atoms with Crippen molar-refractivity contribution in [2.45, 2.75) is 0 Å². The lowest BCUT2D eigenvalue weighted by atomic mass is 9.97. The highest BCUT2D eigenvalue weighted by atomic mass is 16.5. The maximum atomic E-state index is 9.91. The average Bonchev–Trinajstić information content (AvgIpc) is 2.83. The van der Waals surface area contributed by atoms with E-state index < -0.39 is 0 Å². The summed E-state index contributed by atoms with van der Waals surface area (Å²) in [5.74, 6) is 8.84. The van der Waals surface area contributed by atoms with Crippen LogP contribution in [-0.4, -0.2) is 10.2 Å². The van der Waals surface area contributed by atoms with E-state index in [2.05, 4.69) is 17.8 Å². The number of benzene rings is 4. The zero-order valence-electron chi connectivity index (χ0n) is 17.8. The van der Waals surface area contributed by atoms with Crippen molar-refractivity contribution in [1.82, 2.24) is 0 Å². The summed E-state index contributed by atoms with van der Waals surface area (Å²) in [7, 11) is 0. The Kier molecular flexibility index (Phi) is 5.54. The van der Waals surface area contributed by atoms with E-state index in [9.17, 15) is 10.2 Å². The Bertz CT molecular complexity index is 1580. The molecule has 4 aromatic rings. The Morgan fingerprint density at radius 3 is 1.79 bits per heavy atom. The van der Waals surface area contributed by atoms with E-state index in [4.69, 9.17) is 40.2 Å². The molecular formula is C28H18N2O4. The Morgan fingerprint density at radius 2 is 1.26 bits per heavy atom. The summed E-state index contributed by atoms with van der Waals surface area (Å²) in [5, 5.41) is 21.1. The van der Waals surface area contributed by atoms with Crippen LogP contribution in [0.4, 0.5) is 11.4 Å². The number of rotatable bonds is 4. The van der Waals surface area contributed by atoms with E-state index in [1.54, 1.807) is 30.3 Å². The number of terminal acetylenes is 3. The Labute approximate surface area is 196 Å². The van der Waals surface area contributed by atoms with Gasteiger partial charge in [-0.3, -0.25) is 0 Å². The number of hydrogen-bond acceptors (Lipinski definition) is 6. The molecule has 4 aromatic carbocycles. The summed E-state index contributed by atoms with van der Waals surface area (Å²) in [5.41, 5.74) is 12.9. The molecule has 0 saturated carbocycles. The molecule has 0 unspecified atom stereocenters. The fraction of sp³-hybridized carbons (Fsp3) is 0. The van der Waals surface area contributed by atoms with Crippen LogP contribution >= 0.6 is 0 Å². The molecule has 0 spiro atoms. The molecule has 34 heavy (non-hydrogen) atoms. The van der Waals surface area contributed by atoms with E-state index in [1.807, 2.05) is 0 Å². The maximum absolute atomic E-state index is 9.91. The summed E-state index contributed by atoms with van der Waals surface area (Å²) in [6.07, 6.45) is 17.3. The highest BCUT2D eigenvalue weighted by molar-refractivity contribution is 5.95. The van der Waals surface area contributed by atoms with Gasteiger partial charge in [-0.25, -0.2) is 0 Å². The van der Waals surface area contributed by atoms with Crippen molar-refractivity contribution < 1.29 is 19.7 Å². The summed E-state index contributed by atoms with van der Waals surface area (Å²) >= 11 is 0. The van der Waals surface area contributed by atoms with E-state index >= 15 is 0 Å². The Morgan fingerprint density at radius 1 is 0.676 bits per heavy atom. The van der Waals surface area contributed by atoms with Crippen LogP contribution in [0.3, 0.4) is 0 Å². The predicted molar refractivity (Wildman–Crippen MR) is 133 cm³/mol. The number of ether oxygens (including phenoxy) is 2. The monoisotopic (exact) mass is 446 g/mol. The molecule has 164 valence electrons. The van der Waals surface area contributed by atoms with E-state index in [0.717, 1.165) is 0 Å². The van der Waals surface area contributed by atoms with Gasteiger partial charge in [0, 0.05) is 17.5 Å². The standard InChI is InChI=1S/C28H18N2O4/c1-4-16-12-22-18(13-27(16)33-19-7-9-23(29)25(31)14-19)11-17(5-2)28(21(22)6-3)34-20-8-10-24(30)26(32)15-20/h1-3,7-15,31-32H,29-30H2. The van der Waals surface area contributed by atoms with Gasteiger partial charge in [0.05, 0.1) is 28.1 Å². The third-order valence-corrected chi connectivity index (χ3v) is 5.10.